The van der Waals surface area contributed by atoms with Crippen molar-refractivity contribution in [2.75, 3.05) is 41.0 Å². The van der Waals surface area contributed by atoms with Crippen LogP contribution in [0.2, 0.25) is 0 Å². The highest BCUT2D eigenvalue weighted by molar-refractivity contribution is 5.72. The zero-order valence-corrected chi connectivity index (χ0v) is 40.9. The second-order valence-corrected chi connectivity index (χ2v) is 18.8. The average Bonchev–Trinajstić information content (AvgIpc) is 3.22. The van der Waals surface area contributed by atoms with Gasteiger partial charge in [0.1, 0.15) is 6.61 Å². The number of carbonyl (C=O) groups excluding carboxylic acids is 2. The molecule has 0 aromatic rings. The maximum absolute atomic E-state index is 12.7. The molecule has 0 radical (unpaired) electrons. The minimum absolute atomic E-state index is 0.0520. The Balaban J connectivity index is 4.12. The molecule has 0 aliphatic heterocycles. The number of carbonyl (C=O) groups is 3. The first kappa shape index (κ1) is 58.8. The average molecular weight is 863 g/mol. The molecule has 8 nitrogen and oxygen atoms in total. The Labute approximate surface area is 377 Å². The summed E-state index contributed by atoms with van der Waals surface area (Å²) in [5.74, 6) is -1.47. The number of hydrogen-bond acceptors (Lipinski definition) is 6. The van der Waals surface area contributed by atoms with Gasteiger partial charge in [-0.15, -0.1) is 0 Å². The molecule has 0 aromatic heterocycles. The Kier molecular flexibility index (Phi) is 42.8. The van der Waals surface area contributed by atoms with E-state index in [-0.39, 0.29) is 36.2 Å². The Morgan fingerprint density at radius 3 is 1.33 bits per heavy atom. The lowest BCUT2D eigenvalue weighted by Gasteiger charge is -2.31. The maximum Gasteiger partial charge on any atom is 0.362 e. The van der Waals surface area contributed by atoms with Crippen LogP contribution in [0.1, 0.15) is 245 Å². The third-order valence-electron chi connectivity index (χ3n) is 11.8. The summed E-state index contributed by atoms with van der Waals surface area (Å²) < 4.78 is 17.3. The number of quaternary nitrogens is 1. The van der Waals surface area contributed by atoms with Crippen LogP contribution in [0.4, 0.5) is 0 Å². The predicted octanol–water partition coefficient (Wildman–Crippen LogP) is 14.8. The summed E-state index contributed by atoms with van der Waals surface area (Å²) in [7, 11) is 5.53. The van der Waals surface area contributed by atoms with E-state index in [1.54, 1.807) is 0 Å². The van der Waals surface area contributed by atoms with Gasteiger partial charge in [-0.3, -0.25) is 9.59 Å². The van der Waals surface area contributed by atoms with Crippen molar-refractivity contribution >= 4 is 17.9 Å². The lowest BCUT2D eigenvalue weighted by molar-refractivity contribution is -0.887. The van der Waals surface area contributed by atoms with Crippen LogP contribution < -0.4 is 0 Å². The predicted molar refractivity (Wildman–Crippen MR) is 257 cm³/mol. The van der Waals surface area contributed by atoms with Crippen molar-refractivity contribution in [1.82, 2.24) is 0 Å². The molecule has 8 heteroatoms. The Morgan fingerprint density at radius 2 is 0.902 bits per heavy atom. The van der Waals surface area contributed by atoms with E-state index >= 15 is 0 Å². The molecule has 0 aliphatic rings. The van der Waals surface area contributed by atoms with Crippen molar-refractivity contribution in [2.45, 2.75) is 257 Å². The van der Waals surface area contributed by atoms with E-state index in [0.717, 1.165) is 70.6 Å². The quantitative estimate of drug-likeness (QED) is 0.0281. The van der Waals surface area contributed by atoms with Crippen LogP contribution in [-0.2, 0) is 28.6 Å². The third kappa shape index (κ3) is 42.9. The molecule has 0 rings (SSSR count). The monoisotopic (exact) mass is 863 g/mol. The third-order valence-corrected chi connectivity index (χ3v) is 11.8. The SMILES string of the molecule is CCC/C=C\C/C=C\CCCCCCCC(=O)OC(COCCC(C(=O)O)[N+](C)(C)C)COC(=O)CCCCCCCCCCCCCCCCCCCCCCCCCC. The lowest BCUT2D eigenvalue weighted by Crippen LogP contribution is -2.50. The van der Waals surface area contributed by atoms with Crippen LogP contribution in [0, 0.1) is 0 Å². The topological polar surface area (TPSA) is 99.1 Å². The maximum atomic E-state index is 12.7. The van der Waals surface area contributed by atoms with E-state index in [1.807, 2.05) is 21.1 Å². The molecule has 0 amide bonds. The van der Waals surface area contributed by atoms with Crippen LogP contribution in [0.5, 0.6) is 0 Å². The molecule has 2 unspecified atom stereocenters. The summed E-state index contributed by atoms with van der Waals surface area (Å²) in [6.45, 7) is 4.69. The molecule has 0 spiro atoms. The zero-order chi connectivity index (χ0) is 44.9. The molecule has 358 valence electrons. The molecule has 0 aliphatic carbocycles. The van der Waals surface area contributed by atoms with E-state index in [1.165, 1.54) is 141 Å². The molecule has 0 saturated heterocycles. The molecular formula is C53H100NO7+. The van der Waals surface area contributed by atoms with E-state index in [4.69, 9.17) is 14.2 Å². The summed E-state index contributed by atoms with van der Waals surface area (Å²) >= 11 is 0. The van der Waals surface area contributed by atoms with Crippen LogP contribution in [-0.4, -0.2) is 80.6 Å². The Hall–Kier alpha value is -2.19. The highest BCUT2D eigenvalue weighted by Gasteiger charge is 2.31. The fourth-order valence-electron chi connectivity index (χ4n) is 7.84. The number of nitrogens with zero attached hydrogens (tertiary/aromatic N) is 1. The van der Waals surface area contributed by atoms with Gasteiger partial charge in [0.25, 0.3) is 0 Å². The number of likely N-dealkylation sites (N-methyl/N-ethyl adjacent to an activating group) is 1. The Morgan fingerprint density at radius 1 is 0.492 bits per heavy atom. The summed E-state index contributed by atoms with van der Waals surface area (Å²) in [6.07, 6.45) is 51.0. The van der Waals surface area contributed by atoms with Gasteiger partial charge in [0.05, 0.1) is 34.4 Å². The Bertz CT molecular complexity index is 1050. The minimum atomic E-state index is -0.875. The van der Waals surface area contributed by atoms with Crippen molar-refractivity contribution in [3.8, 4) is 0 Å². The number of ether oxygens (including phenoxy) is 3. The standard InChI is InChI=1S/C53H99NO7/c1-6-8-10-12-14-16-18-20-21-22-23-24-25-26-27-28-29-30-32-33-35-37-39-41-43-51(55)60-48-49(47-59-46-45-50(53(57)58)54(3,4)5)61-52(56)44-42-40-38-36-34-31-19-17-15-13-11-9-7-2/h11,13,17,19,49-50H,6-10,12,14-16,18,20-48H2,1-5H3/p+1/b13-11-,19-17-. The number of unbranched alkanes of at least 4 members (excludes halogenated alkanes) is 29. The van der Waals surface area contributed by atoms with Crippen LogP contribution in [0.25, 0.3) is 0 Å². The van der Waals surface area contributed by atoms with Gasteiger partial charge in [-0.2, -0.15) is 0 Å². The number of rotatable bonds is 47. The number of hydrogen-bond donors (Lipinski definition) is 1. The van der Waals surface area contributed by atoms with Gasteiger partial charge in [0, 0.05) is 19.3 Å². The second kappa shape index (κ2) is 44.4. The fourth-order valence-corrected chi connectivity index (χ4v) is 7.84. The summed E-state index contributed by atoms with van der Waals surface area (Å²) in [5, 5.41) is 9.64. The molecule has 0 heterocycles. The second-order valence-electron chi connectivity index (χ2n) is 18.8. The van der Waals surface area contributed by atoms with Crippen molar-refractivity contribution < 1.29 is 38.2 Å². The number of aliphatic carboxylic acids is 1. The first-order chi connectivity index (χ1) is 29.6. The molecule has 0 fully saturated rings. The van der Waals surface area contributed by atoms with Gasteiger partial charge in [0.2, 0.25) is 0 Å². The van der Waals surface area contributed by atoms with Gasteiger partial charge < -0.3 is 23.8 Å². The van der Waals surface area contributed by atoms with E-state index in [9.17, 15) is 19.5 Å². The number of esters is 2. The summed E-state index contributed by atoms with van der Waals surface area (Å²) in [5.41, 5.74) is 0. The van der Waals surface area contributed by atoms with Gasteiger partial charge in [-0.25, -0.2) is 4.79 Å². The van der Waals surface area contributed by atoms with E-state index in [0.29, 0.717) is 19.3 Å². The van der Waals surface area contributed by atoms with Crippen LogP contribution in [0.15, 0.2) is 24.3 Å². The highest BCUT2D eigenvalue weighted by Crippen LogP contribution is 2.17. The molecule has 1 N–H and O–H groups in total. The summed E-state index contributed by atoms with van der Waals surface area (Å²) in [4.78, 5) is 37.1. The van der Waals surface area contributed by atoms with Gasteiger partial charge >= 0.3 is 17.9 Å². The van der Waals surface area contributed by atoms with E-state index in [2.05, 4.69) is 38.2 Å². The lowest BCUT2D eigenvalue weighted by atomic mass is 10.0. The van der Waals surface area contributed by atoms with Crippen molar-refractivity contribution in [3.05, 3.63) is 24.3 Å². The molecule has 2 atom stereocenters. The van der Waals surface area contributed by atoms with Gasteiger partial charge in [0.15, 0.2) is 12.1 Å². The first-order valence-electron chi connectivity index (χ1n) is 25.9. The highest BCUT2D eigenvalue weighted by atomic mass is 16.6. The van der Waals surface area contributed by atoms with Gasteiger partial charge in [-0.1, -0.05) is 212 Å². The summed E-state index contributed by atoms with van der Waals surface area (Å²) in [6, 6.07) is -0.615. The number of carboxylic acid groups (broad SMARTS) is 1. The molecular weight excluding hydrogens is 763 g/mol. The van der Waals surface area contributed by atoms with Gasteiger partial charge in [-0.05, 0) is 38.5 Å². The molecule has 0 saturated carbocycles. The fraction of sp³-hybridized carbons (Fsp3) is 0.868. The minimum Gasteiger partial charge on any atom is -0.477 e. The largest absolute Gasteiger partial charge is 0.477 e. The normalized spacial score (nSPS) is 13.0. The van der Waals surface area contributed by atoms with Crippen LogP contribution >= 0.6 is 0 Å². The first-order valence-corrected chi connectivity index (χ1v) is 25.9. The molecule has 0 aromatic carbocycles. The molecule has 0 bridgehead atoms. The molecule has 61 heavy (non-hydrogen) atoms. The van der Waals surface area contributed by atoms with Crippen molar-refractivity contribution in [1.29, 1.82) is 0 Å². The zero-order valence-electron chi connectivity index (χ0n) is 40.9. The van der Waals surface area contributed by atoms with Crippen molar-refractivity contribution in [2.24, 2.45) is 0 Å². The van der Waals surface area contributed by atoms with Crippen LogP contribution in [0.3, 0.4) is 0 Å². The van der Waals surface area contributed by atoms with E-state index < -0.39 is 18.1 Å². The number of carboxylic acids is 1. The smallest absolute Gasteiger partial charge is 0.362 e. The number of allylic oxidation sites excluding steroid dienone is 4. The van der Waals surface area contributed by atoms with Crippen molar-refractivity contribution in [3.63, 3.8) is 0 Å².